The van der Waals surface area contributed by atoms with Crippen LogP contribution >= 0.6 is 0 Å². The largest absolute Gasteiger partial charge is 0.309 e. The van der Waals surface area contributed by atoms with Gasteiger partial charge >= 0.3 is 0 Å². The fourth-order valence-electron chi connectivity index (χ4n) is 5.22. The SMILES string of the molecule is C=Cc1cccc2c1c1ccccc1n2-c1cccc(-c2nc(-c3ccccc3)nc(-c3ccccc3)n2)c1. The van der Waals surface area contributed by atoms with Gasteiger partial charge in [0, 0.05) is 33.2 Å². The van der Waals surface area contributed by atoms with Gasteiger partial charge in [-0.15, -0.1) is 0 Å². The Labute approximate surface area is 226 Å². The van der Waals surface area contributed by atoms with E-state index in [1.807, 2.05) is 66.7 Å². The molecule has 0 saturated carbocycles. The molecular formula is C35H24N4. The summed E-state index contributed by atoms with van der Waals surface area (Å²) in [7, 11) is 0. The molecule has 0 aliphatic carbocycles. The third kappa shape index (κ3) is 3.99. The van der Waals surface area contributed by atoms with Gasteiger partial charge in [0.1, 0.15) is 0 Å². The summed E-state index contributed by atoms with van der Waals surface area (Å²) in [4.78, 5) is 14.7. The van der Waals surface area contributed by atoms with Gasteiger partial charge in [-0.2, -0.15) is 0 Å². The van der Waals surface area contributed by atoms with Crippen LogP contribution in [0.25, 0.3) is 67.7 Å². The van der Waals surface area contributed by atoms with E-state index in [1.165, 1.54) is 10.8 Å². The summed E-state index contributed by atoms with van der Waals surface area (Å²) in [5, 5.41) is 2.40. The summed E-state index contributed by atoms with van der Waals surface area (Å²) >= 11 is 0. The predicted molar refractivity (Wildman–Crippen MR) is 161 cm³/mol. The number of fused-ring (bicyclic) bond motifs is 3. The summed E-state index contributed by atoms with van der Waals surface area (Å²) in [5.41, 5.74) is 7.28. The lowest BCUT2D eigenvalue weighted by Crippen LogP contribution is -2.01. The normalized spacial score (nSPS) is 11.2. The van der Waals surface area contributed by atoms with Gasteiger partial charge in [-0.25, -0.2) is 15.0 Å². The van der Waals surface area contributed by atoms with Crippen LogP contribution in [-0.2, 0) is 0 Å². The Balaban J connectivity index is 1.45. The maximum atomic E-state index is 4.93. The fraction of sp³-hybridized carbons (Fsp3) is 0. The molecule has 0 amide bonds. The average molecular weight is 501 g/mol. The molecule has 5 aromatic carbocycles. The van der Waals surface area contributed by atoms with Crippen molar-refractivity contribution < 1.29 is 0 Å². The van der Waals surface area contributed by atoms with Crippen molar-refractivity contribution in [3.05, 3.63) is 140 Å². The summed E-state index contributed by atoms with van der Waals surface area (Å²) in [6, 6.07) is 43.4. The fourth-order valence-corrected chi connectivity index (χ4v) is 5.22. The van der Waals surface area contributed by atoms with Gasteiger partial charge in [0.05, 0.1) is 11.0 Å². The highest BCUT2D eigenvalue weighted by atomic mass is 15.0. The first kappa shape index (κ1) is 22.8. The number of rotatable bonds is 5. The monoisotopic (exact) mass is 500 g/mol. The molecule has 2 aromatic heterocycles. The summed E-state index contributed by atoms with van der Waals surface area (Å²) in [6.07, 6.45) is 1.93. The number of hydrogen-bond donors (Lipinski definition) is 0. The Morgan fingerprint density at radius 1 is 0.513 bits per heavy atom. The zero-order valence-corrected chi connectivity index (χ0v) is 21.2. The highest BCUT2D eigenvalue weighted by Gasteiger charge is 2.16. The van der Waals surface area contributed by atoms with Crippen LogP contribution in [0.4, 0.5) is 0 Å². The minimum absolute atomic E-state index is 0.636. The van der Waals surface area contributed by atoms with Crippen LogP contribution in [-0.4, -0.2) is 19.5 Å². The Morgan fingerprint density at radius 3 is 1.72 bits per heavy atom. The van der Waals surface area contributed by atoms with Crippen LogP contribution < -0.4 is 0 Å². The first-order chi connectivity index (χ1) is 19.3. The van der Waals surface area contributed by atoms with Crippen LogP contribution in [0, 0.1) is 0 Å². The first-order valence-electron chi connectivity index (χ1n) is 12.9. The third-order valence-electron chi connectivity index (χ3n) is 7.01. The molecule has 4 nitrogen and oxygen atoms in total. The Hall–Kier alpha value is -5.35. The molecule has 0 aliphatic heterocycles. The van der Waals surface area contributed by atoms with Crippen LogP contribution in [0.15, 0.2) is 134 Å². The predicted octanol–water partition coefficient (Wildman–Crippen LogP) is 8.61. The van der Waals surface area contributed by atoms with E-state index < -0.39 is 0 Å². The van der Waals surface area contributed by atoms with Crippen molar-refractivity contribution >= 4 is 27.9 Å². The van der Waals surface area contributed by atoms with Crippen LogP contribution in [0.1, 0.15) is 5.56 Å². The number of hydrogen-bond acceptors (Lipinski definition) is 3. The van der Waals surface area contributed by atoms with Gasteiger partial charge in [0.2, 0.25) is 0 Å². The molecule has 0 unspecified atom stereocenters. The number of para-hydroxylation sites is 1. The molecule has 4 heteroatoms. The molecule has 0 bridgehead atoms. The van der Waals surface area contributed by atoms with Gasteiger partial charge in [-0.05, 0) is 29.8 Å². The van der Waals surface area contributed by atoms with Crippen molar-refractivity contribution in [2.75, 3.05) is 0 Å². The molecule has 0 radical (unpaired) electrons. The smallest absolute Gasteiger partial charge is 0.164 e. The van der Waals surface area contributed by atoms with Crippen molar-refractivity contribution in [2.45, 2.75) is 0 Å². The summed E-state index contributed by atoms with van der Waals surface area (Å²) in [6.45, 7) is 4.06. The van der Waals surface area contributed by atoms with Crippen LogP contribution in [0.3, 0.4) is 0 Å². The van der Waals surface area contributed by atoms with E-state index in [1.54, 1.807) is 0 Å². The summed E-state index contributed by atoms with van der Waals surface area (Å²) < 4.78 is 2.30. The molecule has 39 heavy (non-hydrogen) atoms. The molecule has 0 spiro atoms. The Kier molecular flexibility index (Phi) is 5.56. The molecule has 0 aliphatic rings. The zero-order valence-electron chi connectivity index (χ0n) is 21.2. The maximum absolute atomic E-state index is 4.93. The maximum Gasteiger partial charge on any atom is 0.164 e. The molecular weight excluding hydrogens is 476 g/mol. The van der Waals surface area contributed by atoms with Gasteiger partial charge in [0.25, 0.3) is 0 Å². The van der Waals surface area contributed by atoms with E-state index >= 15 is 0 Å². The lowest BCUT2D eigenvalue weighted by atomic mass is 10.1. The van der Waals surface area contributed by atoms with Crippen molar-refractivity contribution in [2.24, 2.45) is 0 Å². The van der Waals surface area contributed by atoms with E-state index in [0.29, 0.717) is 17.5 Å². The molecule has 0 fully saturated rings. The first-order valence-corrected chi connectivity index (χ1v) is 12.9. The molecule has 0 atom stereocenters. The highest BCUT2D eigenvalue weighted by Crippen LogP contribution is 2.35. The number of aromatic nitrogens is 4. The topological polar surface area (TPSA) is 43.6 Å². The average Bonchev–Trinajstić information content (AvgIpc) is 3.36. The second-order valence-corrected chi connectivity index (χ2v) is 9.39. The molecule has 2 heterocycles. The van der Waals surface area contributed by atoms with Crippen molar-refractivity contribution in [1.82, 2.24) is 19.5 Å². The minimum Gasteiger partial charge on any atom is -0.309 e. The number of nitrogens with zero attached hydrogens (tertiary/aromatic N) is 4. The van der Waals surface area contributed by atoms with E-state index in [4.69, 9.17) is 15.0 Å². The van der Waals surface area contributed by atoms with Gasteiger partial charge in [-0.1, -0.05) is 116 Å². The lowest BCUT2D eigenvalue weighted by Gasteiger charge is -2.11. The standard InChI is InChI=1S/C35H24N4/c1-2-24-17-12-22-31-32(24)29-20-9-10-21-30(29)39(31)28-19-11-18-27(23-28)35-37-33(25-13-5-3-6-14-25)36-34(38-35)26-15-7-4-8-16-26/h2-23H,1H2. The quantitative estimate of drug-likeness (QED) is 0.238. The lowest BCUT2D eigenvalue weighted by molar-refractivity contribution is 1.07. The number of benzene rings is 5. The summed E-state index contributed by atoms with van der Waals surface area (Å²) in [5.74, 6) is 1.94. The molecule has 184 valence electrons. The van der Waals surface area contributed by atoms with Gasteiger partial charge in [-0.3, -0.25) is 0 Å². The van der Waals surface area contributed by atoms with Crippen molar-refractivity contribution in [1.29, 1.82) is 0 Å². The second-order valence-electron chi connectivity index (χ2n) is 9.39. The Bertz CT molecular complexity index is 1910. The van der Waals surface area contributed by atoms with Crippen LogP contribution in [0.5, 0.6) is 0 Å². The van der Waals surface area contributed by atoms with E-state index in [0.717, 1.165) is 39.0 Å². The Morgan fingerprint density at radius 2 is 1.05 bits per heavy atom. The zero-order chi connectivity index (χ0) is 26.2. The van der Waals surface area contributed by atoms with E-state index in [9.17, 15) is 0 Å². The van der Waals surface area contributed by atoms with Crippen LogP contribution in [0.2, 0.25) is 0 Å². The van der Waals surface area contributed by atoms with Gasteiger partial charge in [0.15, 0.2) is 17.5 Å². The molecule has 7 rings (SSSR count). The highest BCUT2D eigenvalue weighted by molar-refractivity contribution is 6.12. The van der Waals surface area contributed by atoms with Crippen molar-refractivity contribution in [3.63, 3.8) is 0 Å². The van der Waals surface area contributed by atoms with Gasteiger partial charge < -0.3 is 4.57 Å². The minimum atomic E-state index is 0.636. The van der Waals surface area contributed by atoms with E-state index in [2.05, 4.69) is 77.9 Å². The third-order valence-corrected chi connectivity index (χ3v) is 7.01. The molecule has 7 aromatic rings. The second kappa shape index (κ2) is 9.51. The molecule has 0 N–H and O–H groups in total. The van der Waals surface area contributed by atoms with E-state index in [-0.39, 0.29) is 0 Å². The van der Waals surface area contributed by atoms with Crippen molar-refractivity contribution in [3.8, 4) is 39.9 Å². The molecule has 0 saturated heterocycles.